The third-order valence-corrected chi connectivity index (χ3v) is 3.74. The number of likely N-dealkylation sites (tertiary alicyclic amines) is 1. The van der Waals surface area contributed by atoms with Gasteiger partial charge in [-0.15, -0.1) is 0 Å². The van der Waals surface area contributed by atoms with E-state index in [-0.39, 0.29) is 24.5 Å². The second-order valence-corrected chi connectivity index (χ2v) is 5.23. The van der Waals surface area contributed by atoms with Crippen molar-refractivity contribution in [3.8, 4) is 0 Å². The quantitative estimate of drug-likeness (QED) is 0.851. The molecule has 18 heavy (non-hydrogen) atoms. The maximum Gasteiger partial charge on any atom is 0.257 e. The summed E-state index contributed by atoms with van der Waals surface area (Å²) in [6.45, 7) is 4.72. The first-order valence-corrected chi connectivity index (χ1v) is 6.45. The molecule has 1 aliphatic heterocycles. The van der Waals surface area contributed by atoms with Crippen LogP contribution >= 0.6 is 0 Å². The van der Waals surface area contributed by atoms with E-state index in [9.17, 15) is 9.90 Å². The van der Waals surface area contributed by atoms with E-state index in [1.807, 2.05) is 18.9 Å². The number of carbonyl (C=O) groups is 1. The Balaban J connectivity index is 2.19. The van der Waals surface area contributed by atoms with Gasteiger partial charge in [-0.05, 0) is 32.6 Å². The Kier molecular flexibility index (Phi) is 3.71. The molecule has 5 heteroatoms. The van der Waals surface area contributed by atoms with Crippen molar-refractivity contribution in [3.05, 3.63) is 17.5 Å². The van der Waals surface area contributed by atoms with E-state index in [0.29, 0.717) is 12.1 Å². The summed E-state index contributed by atoms with van der Waals surface area (Å²) in [4.78, 5) is 14.4. The van der Waals surface area contributed by atoms with Crippen LogP contribution in [-0.4, -0.2) is 44.9 Å². The normalized spacial score (nSPS) is 24.3. The highest BCUT2D eigenvalue weighted by Crippen LogP contribution is 2.24. The van der Waals surface area contributed by atoms with Gasteiger partial charge < -0.3 is 10.0 Å². The largest absolute Gasteiger partial charge is 0.396 e. The highest BCUT2D eigenvalue weighted by atomic mass is 16.3. The Morgan fingerprint density at radius 2 is 2.28 bits per heavy atom. The minimum atomic E-state index is 0.0336. The standard InChI is InChI=1S/C13H21N3O2/c1-9-4-5-11(8-17)6-16(9)13(18)12-7-15(3)14-10(12)2/h7,9,11,17H,4-6,8H2,1-3H3. The van der Waals surface area contributed by atoms with Crippen molar-refractivity contribution in [1.29, 1.82) is 0 Å². The van der Waals surface area contributed by atoms with Crippen molar-refractivity contribution in [2.45, 2.75) is 32.7 Å². The number of carbonyl (C=O) groups excluding carboxylic acids is 1. The number of rotatable bonds is 2. The van der Waals surface area contributed by atoms with Crippen molar-refractivity contribution in [3.63, 3.8) is 0 Å². The van der Waals surface area contributed by atoms with Gasteiger partial charge in [-0.3, -0.25) is 9.48 Å². The highest BCUT2D eigenvalue weighted by Gasteiger charge is 2.30. The fourth-order valence-corrected chi connectivity index (χ4v) is 2.58. The van der Waals surface area contributed by atoms with Crippen molar-refractivity contribution in [2.24, 2.45) is 13.0 Å². The van der Waals surface area contributed by atoms with Crippen LogP contribution in [-0.2, 0) is 7.05 Å². The number of hydrogen-bond acceptors (Lipinski definition) is 3. The number of aryl methyl sites for hydroxylation is 2. The number of nitrogens with zero attached hydrogens (tertiary/aromatic N) is 3. The van der Waals surface area contributed by atoms with E-state index in [1.165, 1.54) is 0 Å². The van der Waals surface area contributed by atoms with Gasteiger partial charge in [0, 0.05) is 32.4 Å². The molecule has 1 aromatic heterocycles. The molecule has 2 rings (SSSR count). The summed E-state index contributed by atoms with van der Waals surface area (Å²) in [5.41, 5.74) is 1.43. The molecule has 0 radical (unpaired) electrons. The van der Waals surface area contributed by atoms with Crippen molar-refractivity contribution in [1.82, 2.24) is 14.7 Å². The Morgan fingerprint density at radius 1 is 1.56 bits per heavy atom. The minimum Gasteiger partial charge on any atom is -0.396 e. The molecular formula is C13H21N3O2. The van der Waals surface area contributed by atoms with Gasteiger partial charge >= 0.3 is 0 Å². The van der Waals surface area contributed by atoms with Crippen LogP contribution < -0.4 is 0 Å². The molecule has 1 fully saturated rings. The van der Waals surface area contributed by atoms with Gasteiger partial charge in [0.05, 0.1) is 11.3 Å². The Labute approximate surface area is 107 Å². The average Bonchev–Trinajstić information content (AvgIpc) is 2.68. The van der Waals surface area contributed by atoms with Crippen molar-refractivity contribution >= 4 is 5.91 Å². The molecule has 0 saturated carbocycles. The first kappa shape index (κ1) is 13.1. The fourth-order valence-electron chi connectivity index (χ4n) is 2.58. The zero-order valence-electron chi connectivity index (χ0n) is 11.3. The molecule has 2 heterocycles. The van der Waals surface area contributed by atoms with Crippen LogP contribution in [0.4, 0.5) is 0 Å². The Bertz CT molecular complexity index is 441. The van der Waals surface area contributed by atoms with Gasteiger partial charge in [0.2, 0.25) is 0 Å². The predicted octanol–water partition coefficient (Wildman–Crippen LogP) is 0.962. The fraction of sp³-hybridized carbons (Fsp3) is 0.692. The number of aliphatic hydroxyl groups is 1. The summed E-state index contributed by atoms with van der Waals surface area (Å²) in [6, 6.07) is 0.236. The van der Waals surface area contributed by atoms with Crippen LogP contribution in [0.15, 0.2) is 6.20 Å². The molecular weight excluding hydrogens is 230 g/mol. The Hall–Kier alpha value is -1.36. The van der Waals surface area contributed by atoms with Gasteiger partial charge in [0.25, 0.3) is 5.91 Å². The highest BCUT2D eigenvalue weighted by molar-refractivity contribution is 5.95. The van der Waals surface area contributed by atoms with E-state index in [0.717, 1.165) is 18.5 Å². The van der Waals surface area contributed by atoms with Crippen LogP contribution in [0.2, 0.25) is 0 Å². The summed E-state index contributed by atoms with van der Waals surface area (Å²) >= 11 is 0. The maximum absolute atomic E-state index is 12.5. The van der Waals surface area contributed by atoms with E-state index in [4.69, 9.17) is 0 Å². The second kappa shape index (κ2) is 5.10. The van der Waals surface area contributed by atoms with Crippen molar-refractivity contribution in [2.75, 3.05) is 13.2 Å². The van der Waals surface area contributed by atoms with Gasteiger partial charge in [-0.1, -0.05) is 0 Å². The lowest BCUT2D eigenvalue weighted by atomic mass is 9.93. The predicted molar refractivity (Wildman–Crippen MR) is 68.3 cm³/mol. The number of aromatic nitrogens is 2. The Morgan fingerprint density at radius 3 is 2.83 bits per heavy atom. The van der Waals surface area contributed by atoms with Gasteiger partial charge in [-0.2, -0.15) is 5.10 Å². The molecule has 2 unspecified atom stereocenters. The monoisotopic (exact) mass is 251 g/mol. The molecule has 1 N–H and O–H groups in total. The number of aliphatic hydroxyl groups excluding tert-OH is 1. The smallest absolute Gasteiger partial charge is 0.257 e. The molecule has 2 atom stereocenters. The summed E-state index contributed by atoms with van der Waals surface area (Å²) < 4.78 is 1.67. The first-order chi connectivity index (χ1) is 8.52. The van der Waals surface area contributed by atoms with Crippen LogP contribution in [0.5, 0.6) is 0 Å². The third kappa shape index (κ3) is 2.41. The summed E-state index contributed by atoms with van der Waals surface area (Å²) in [5.74, 6) is 0.244. The third-order valence-electron chi connectivity index (χ3n) is 3.74. The second-order valence-electron chi connectivity index (χ2n) is 5.23. The zero-order valence-corrected chi connectivity index (χ0v) is 11.3. The molecule has 0 aromatic carbocycles. The van der Waals surface area contributed by atoms with E-state index < -0.39 is 0 Å². The zero-order chi connectivity index (χ0) is 13.3. The summed E-state index contributed by atoms with van der Waals surface area (Å²) in [5, 5.41) is 13.5. The minimum absolute atomic E-state index is 0.0336. The van der Waals surface area contributed by atoms with Gasteiger partial charge in [0.15, 0.2) is 0 Å². The van der Waals surface area contributed by atoms with Crippen LogP contribution in [0.25, 0.3) is 0 Å². The lowest BCUT2D eigenvalue weighted by Crippen LogP contribution is -2.46. The SMILES string of the molecule is Cc1nn(C)cc1C(=O)N1CC(CO)CCC1C. The maximum atomic E-state index is 12.5. The van der Waals surface area contributed by atoms with Crippen LogP contribution in [0, 0.1) is 12.8 Å². The number of piperidine rings is 1. The molecule has 0 bridgehead atoms. The van der Waals surface area contributed by atoms with Crippen LogP contribution in [0.1, 0.15) is 35.8 Å². The van der Waals surface area contributed by atoms with E-state index >= 15 is 0 Å². The molecule has 0 spiro atoms. The molecule has 0 aliphatic carbocycles. The lowest BCUT2D eigenvalue weighted by molar-refractivity contribution is 0.0488. The van der Waals surface area contributed by atoms with Gasteiger partial charge in [0.1, 0.15) is 0 Å². The molecule has 1 amide bonds. The van der Waals surface area contributed by atoms with Gasteiger partial charge in [-0.25, -0.2) is 0 Å². The number of amides is 1. The number of hydrogen-bond donors (Lipinski definition) is 1. The topological polar surface area (TPSA) is 58.4 Å². The molecule has 5 nitrogen and oxygen atoms in total. The summed E-state index contributed by atoms with van der Waals surface area (Å²) in [6.07, 6.45) is 3.72. The van der Waals surface area contributed by atoms with Crippen molar-refractivity contribution < 1.29 is 9.90 Å². The molecule has 1 aliphatic rings. The van der Waals surface area contributed by atoms with E-state index in [2.05, 4.69) is 12.0 Å². The average molecular weight is 251 g/mol. The molecule has 100 valence electrons. The lowest BCUT2D eigenvalue weighted by Gasteiger charge is -2.37. The van der Waals surface area contributed by atoms with E-state index in [1.54, 1.807) is 10.9 Å². The molecule has 1 saturated heterocycles. The molecule has 1 aromatic rings. The first-order valence-electron chi connectivity index (χ1n) is 6.45. The van der Waals surface area contributed by atoms with Crippen LogP contribution in [0.3, 0.4) is 0 Å². The summed E-state index contributed by atoms with van der Waals surface area (Å²) in [7, 11) is 1.82.